The molecule has 0 saturated heterocycles. The maximum atomic E-state index is 4.30. The number of nitrogens with zero attached hydrogens (tertiary/aromatic N) is 2. The Balaban J connectivity index is 2.07. The number of rotatable bonds is 6. The smallest absolute Gasteiger partial charge is 0.0662 e. The summed E-state index contributed by atoms with van der Waals surface area (Å²) in [4.78, 5) is 0. The van der Waals surface area contributed by atoms with Crippen LogP contribution >= 0.6 is 15.9 Å². The molecule has 0 aliphatic rings. The van der Waals surface area contributed by atoms with E-state index in [0.717, 1.165) is 30.5 Å². The molecule has 3 nitrogen and oxygen atoms in total. The molecule has 2 aromatic rings. The average Bonchev–Trinajstić information content (AvgIpc) is 2.77. The fraction of sp³-hybridized carbons (Fsp3) is 0.357. The molecule has 4 heteroatoms. The Morgan fingerprint density at radius 2 is 2.06 bits per heavy atom. The summed E-state index contributed by atoms with van der Waals surface area (Å²) in [5, 5.41) is 7.66. The van der Waals surface area contributed by atoms with Gasteiger partial charge < -0.3 is 5.32 Å². The van der Waals surface area contributed by atoms with Crippen LogP contribution in [0.5, 0.6) is 0 Å². The Kier molecular flexibility index (Phi) is 4.96. The zero-order valence-corrected chi connectivity index (χ0v) is 12.2. The number of benzene rings is 1. The highest BCUT2D eigenvalue weighted by atomic mass is 79.9. The largest absolute Gasteiger partial charge is 0.317 e. The van der Waals surface area contributed by atoms with Crippen molar-refractivity contribution in [2.75, 3.05) is 13.1 Å². The third-order valence-electron chi connectivity index (χ3n) is 2.87. The van der Waals surface area contributed by atoms with Crippen LogP contribution in [0.1, 0.15) is 18.1 Å². The molecule has 1 aromatic heterocycles. The van der Waals surface area contributed by atoms with Gasteiger partial charge in [0.2, 0.25) is 0 Å². The minimum atomic E-state index is 0.827. The van der Waals surface area contributed by atoms with E-state index in [2.05, 4.69) is 57.5 Å². The van der Waals surface area contributed by atoms with Crippen molar-refractivity contribution in [3.05, 3.63) is 52.3 Å². The lowest BCUT2D eigenvalue weighted by Gasteiger charge is -2.09. The van der Waals surface area contributed by atoms with Crippen molar-refractivity contribution in [2.45, 2.75) is 19.9 Å². The van der Waals surface area contributed by atoms with E-state index in [1.165, 1.54) is 11.1 Å². The van der Waals surface area contributed by atoms with Crippen molar-refractivity contribution in [3.63, 3.8) is 0 Å². The maximum Gasteiger partial charge on any atom is 0.0662 e. The molecule has 0 bridgehead atoms. The standard InChI is InChI=1S/C14H18BrN3/c1-2-16-8-7-12-5-3-4-6-13(12)10-18-11-14(15)9-17-18/h3-6,9,11,16H,2,7-8,10H2,1H3. The number of nitrogens with one attached hydrogen (secondary N) is 1. The van der Waals surface area contributed by atoms with Gasteiger partial charge in [0, 0.05) is 6.20 Å². The molecule has 0 spiro atoms. The van der Waals surface area contributed by atoms with Gasteiger partial charge in [0.15, 0.2) is 0 Å². The van der Waals surface area contributed by atoms with E-state index in [0.29, 0.717) is 0 Å². The topological polar surface area (TPSA) is 29.9 Å². The van der Waals surface area contributed by atoms with Gasteiger partial charge in [-0.1, -0.05) is 31.2 Å². The highest BCUT2D eigenvalue weighted by molar-refractivity contribution is 9.10. The lowest BCUT2D eigenvalue weighted by molar-refractivity contribution is 0.670. The zero-order valence-electron chi connectivity index (χ0n) is 10.6. The third kappa shape index (κ3) is 3.68. The SMILES string of the molecule is CCNCCc1ccccc1Cn1cc(Br)cn1. The number of hydrogen-bond acceptors (Lipinski definition) is 2. The minimum Gasteiger partial charge on any atom is -0.317 e. The van der Waals surface area contributed by atoms with Crippen LogP contribution in [0.15, 0.2) is 41.1 Å². The molecule has 0 saturated carbocycles. The molecule has 18 heavy (non-hydrogen) atoms. The van der Waals surface area contributed by atoms with Gasteiger partial charge in [-0.15, -0.1) is 0 Å². The van der Waals surface area contributed by atoms with Crippen LogP contribution in [0.4, 0.5) is 0 Å². The van der Waals surface area contributed by atoms with E-state index in [1.54, 1.807) is 0 Å². The lowest BCUT2D eigenvalue weighted by Crippen LogP contribution is -2.17. The van der Waals surface area contributed by atoms with Crippen LogP contribution < -0.4 is 5.32 Å². The van der Waals surface area contributed by atoms with Crippen LogP contribution in [-0.4, -0.2) is 22.9 Å². The summed E-state index contributed by atoms with van der Waals surface area (Å²) in [6.07, 6.45) is 4.88. The first-order valence-corrected chi connectivity index (χ1v) is 7.04. The molecular weight excluding hydrogens is 290 g/mol. The first-order valence-electron chi connectivity index (χ1n) is 6.25. The normalized spacial score (nSPS) is 10.8. The first kappa shape index (κ1) is 13.3. The third-order valence-corrected chi connectivity index (χ3v) is 3.28. The van der Waals surface area contributed by atoms with Gasteiger partial charge in [0.05, 0.1) is 17.2 Å². The van der Waals surface area contributed by atoms with Crippen LogP contribution in [0.3, 0.4) is 0 Å². The van der Waals surface area contributed by atoms with Crippen molar-refractivity contribution in [2.24, 2.45) is 0 Å². The highest BCUT2D eigenvalue weighted by Crippen LogP contribution is 2.13. The van der Waals surface area contributed by atoms with E-state index in [4.69, 9.17) is 0 Å². The zero-order chi connectivity index (χ0) is 12.8. The Labute approximate surface area is 116 Å². The molecule has 0 unspecified atom stereocenters. The van der Waals surface area contributed by atoms with E-state index >= 15 is 0 Å². The van der Waals surface area contributed by atoms with Crippen molar-refractivity contribution < 1.29 is 0 Å². The molecule has 0 fully saturated rings. The molecule has 2 rings (SSSR count). The Bertz CT molecular complexity index is 493. The monoisotopic (exact) mass is 307 g/mol. The van der Waals surface area contributed by atoms with Crippen molar-refractivity contribution in [1.82, 2.24) is 15.1 Å². The van der Waals surface area contributed by atoms with Crippen molar-refractivity contribution in [1.29, 1.82) is 0 Å². The molecule has 96 valence electrons. The van der Waals surface area contributed by atoms with E-state index < -0.39 is 0 Å². The predicted octanol–water partition coefficient (Wildman–Crippen LogP) is 2.85. The second-order valence-electron chi connectivity index (χ2n) is 4.23. The summed E-state index contributed by atoms with van der Waals surface area (Å²) in [6.45, 7) is 5.01. The molecular formula is C14H18BrN3. The average molecular weight is 308 g/mol. The fourth-order valence-corrected chi connectivity index (χ4v) is 2.28. The van der Waals surface area contributed by atoms with Crippen LogP contribution in [-0.2, 0) is 13.0 Å². The van der Waals surface area contributed by atoms with E-state index in [-0.39, 0.29) is 0 Å². The van der Waals surface area contributed by atoms with Gasteiger partial charge >= 0.3 is 0 Å². The molecule has 0 radical (unpaired) electrons. The maximum absolute atomic E-state index is 4.30. The lowest BCUT2D eigenvalue weighted by atomic mass is 10.0. The number of likely N-dealkylation sites (N-methyl/N-ethyl adjacent to an activating group) is 1. The molecule has 0 aliphatic carbocycles. The van der Waals surface area contributed by atoms with E-state index in [9.17, 15) is 0 Å². The summed E-state index contributed by atoms with van der Waals surface area (Å²) in [6, 6.07) is 8.57. The van der Waals surface area contributed by atoms with Gasteiger partial charge in [-0.2, -0.15) is 5.10 Å². The molecule has 1 heterocycles. The summed E-state index contributed by atoms with van der Waals surface area (Å²) in [5.74, 6) is 0. The van der Waals surface area contributed by atoms with Crippen LogP contribution in [0.25, 0.3) is 0 Å². The second-order valence-corrected chi connectivity index (χ2v) is 5.14. The molecule has 0 aliphatic heterocycles. The minimum absolute atomic E-state index is 0.827. The summed E-state index contributed by atoms with van der Waals surface area (Å²) < 4.78 is 2.98. The first-order chi connectivity index (χ1) is 8.79. The van der Waals surface area contributed by atoms with Gasteiger partial charge in [-0.05, 0) is 46.6 Å². The van der Waals surface area contributed by atoms with Gasteiger partial charge in [-0.25, -0.2) is 0 Å². The van der Waals surface area contributed by atoms with Crippen molar-refractivity contribution in [3.8, 4) is 0 Å². The van der Waals surface area contributed by atoms with Crippen LogP contribution in [0.2, 0.25) is 0 Å². The second kappa shape index (κ2) is 6.71. The Morgan fingerprint density at radius 1 is 1.28 bits per heavy atom. The Morgan fingerprint density at radius 3 is 2.72 bits per heavy atom. The molecule has 1 N–H and O–H groups in total. The van der Waals surface area contributed by atoms with Crippen molar-refractivity contribution >= 4 is 15.9 Å². The van der Waals surface area contributed by atoms with Gasteiger partial charge in [0.25, 0.3) is 0 Å². The molecule has 0 atom stereocenters. The Hall–Kier alpha value is -1.13. The summed E-state index contributed by atoms with van der Waals surface area (Å²) >= 11 is 3.42. The van der Waals surface area contributed by atoms with Gasteiger partial charge in [0.1, 0.15) is 0 Å². The molecule has 0 amide bonds. The predicted molar refractivity (Wildman–Crippen MR) is 77.7 cm³/mol. The van der Waals surface area contributed by atoms with Gasteiger partial charge in [-0.3, -0.25) is 4.68 Å². The highest BCUT2D eigenvalue weighted by Gasteiger charge is 2.03. The number of aromatic nitrogens is 2. The summed E-state index contributed by atoms with van der Waals surface area (Å²) in [7, 11) is 0. The van der Waals surface area contributed by atoms with Crippen LogP contribution in [0, 0.1) is 0 Å². The molecule has 1 aromatic carbocycles. The summed E-state index contributed by atoms with van der Waals surface area (Å²) in [5.41, 5.74) is 2.73. The number of halogens is 1. The van der Waals surface area contributed by atoms with E-state index in [1.807, 2.05) is 17.1 Å². The fourth-order valence-electron chi connectivity index (χ4n) is 1.95. The number of hydrogen-bond donors (Lipinski definition) is 1. The quantitative estimate of drug-likeness (QED) is 0.832.